The van der Waals surface area contributed by atoms with Gasteiger partial charge in [-0.3, -0.25) is 4.72 Å². The number of carbonyl (C=O) groups is 1. The Hall–Kier alpha value is -3.14. The highest BCUT2D eigenvalue weighted by Crippen LogP contribution is 2.37. The maximum Gasteiger partial charge on any atom is 0.328 e. The molecule has 10 heteroatoms. The fourth-order valence-corrected chi connectivity index (χ4v) is 3.45. The number of methoxy groups -OCH3 is 2. The molecule has 0 unspecified atom stereocenters. The van der Waals surface area contributed by atoms with E-state index >= 15 is 0 Å². The van der Waals surface area contributed by atoms with E-state index in [1.165, 1.54) is 26.4 Å². The molecule has 0 bridgehead atoms. The van der Waals surface area contributed by atoms with Gasteiger partial charge in [-0.15, -0.1) is 0 Å². The molecular weight excluding hydrogens is 384 g/mol. The first-order valence-corrected chi connectivity index (χ1v) is 8.81. The second-order valence-electron chi connectivity index (χ2n) is 5.16. The Balaban J connectivity index is 2.56. The zero-order chi connectivity index (χ0) is 20.2. The monoisotopic (exact) mass is 399 g/mol. The highest BCUT2D eigenvalue weighted by Gasteiger charge is 2.24. The minimum atomic E-state index is -4.30. The van der Waals surface area contributed by atoms with E-state index in [4.69, 9.17) is 14.6 Å². The third-order valence-corrected chi connectivity index (χ3v) is 4.73. The molecule has 0 heterocycles. The van der Waals surface area contributed by atoms with Crippen LogP contribution in [0.2, 0.25) is 0 Å². The first-order valence-electron chi connectivity index (χ1n) is 7.33. The van der Waals surface area contributed by atoms with Gasteiger partial charge in [-0.05, 0) is 35.9 Å². The van der Waals surface area contributed by atoms with E-state index in [2.05, 4.69) is 4.72 Å². The lowest BCUT2D eigenvalue weighted by atomic mass is 10.2. The number of halogens is 2. The molecule has 0 atom stereocenters. The molecular formula is C17H15F2NO6S. The third kappa shape index (κ3) is 4.73. The summed E-state index contributed by atoms with van der Waals surface area (Å²) in [5.74, 6) is -3.68. The van der Waals surface area contributed by atoms with Crippen molar-refractivity contribution >= 4 is 27.8 Å². The maximum atomic E-state index is 13.3. The van der Waals surface area contributed by atoms with Crippen LogP contribution < -0.4 is 14.2 Å². The third-order valence-electron chi connectivity index (χ3n) is 3.35. The van der Waals surface area contributed by atoms with Crippen LogP contribution in [0, 0.1) is 11.6 Å². The van der Waals surface area contributed by atoms with Crippen LogP contribution in [0.4, 0.5) is 14.5 Å². The molecule has 2 rings (SSSR count). The van der Waals surface area contributed by atoms with Gasteiger partial charge in [0.25, 0.3) is 10.0 Å². The van der Waals surface area contributed by atoms with Crippen molar-refractivity contribution < 1.29 is 36.6 Å². The minimum Gasteiger partial charge on any atom is -0.493 e. The van der Waals surface area contributed by atoms with Gasteiger partial charge in [0.1, 0.15) is 4.90 Å². The number of carboxylic acids is 1. The van der Waals surface area contributed by atoms with Crippen molar-refractivity contribution in [1.29, 1.82) is 0 Å². The smallest absolute Gasteiger partial charge is 0.328 e. The SMILES string of the molecule is COc1cc(/C=C/C(=O)O)cc(S(=O)(=O)Nc2ccc(F)c(F)c2)c1OC. The van der Waals surface area contributed by atoms with Gasteiger partial charge in [0.15, 0.2) is 23.1 Å². The Morgan fingerprint density at radius 2 is 1.81 bits per heavy atom. The summed E-state index contributed by atoms with van der Waals surface area (Å²) >= 11 is 0. The van der Waals surface area contributed by atoms with Gasteiger partial charge >= 0.3 is 5.97 Å². The minimum absolute atomic E-state index is 0.0377. The zero-order valence-electron chi connectivity index (χ0n) is 14.2. The van der Waals surface area contributed by atoms with Gasteiger partial charge in [0, 0.05) is 12.1 Å². The van der Waals surface area contributed by atoms with Gasteiger partial charge in [-0.1, -0.05) is 0 Å². The molecule has 2 aromatic carbocycles. The van der Waals surface area contributed by atoms with Gasteiger partial charge < -0.3 is 14.6 Å². The summed E-state index contributed by atoms with van der Waals surface area (Å²) in [6.07, 6.45) is 1.99. The predicted molar refractivity (Wildman–Crippen MR) is 93.4 cm³/mol. The number of benzene rings is 2. The summed E-state index contributed by atoms with van der Waals surface area (Å²) in [7, 11) is -1.80. The van der Waals surface area contributed by atoms with E-state index in [9.17, 15) is 22.0 Å². The average Bonchev–Trinajstić information content (AvgIpc) is 2.61. The lowest BCUT2D eigenvalue weighted by Crippen LogP contribution is -2.15. The molecule has 0 aliphatic carbocycles. The zero-order valence-corrected chi connectivity index (χ0v) is 15.0. The number of hydrogen-bond donors (Lipinski definition) is 2. The van der Waals surface area contributed by atoms with Crippen LogP contribution in [0.25, 0.3) is 6.08 Å². The van der Waals surface area contributed by atoms with E-state index in [0.717, 1.165) is 24.3 Å². The van der Waals surface area contributed by atoms with E-state index in [1.807, 2.05) is 0 Å². The van der Waals surface area contributed by atoms with Gasteiger partial charge in [-0.2, -0.15) is 0 Å². The number of aliphatic carboxylic acids is 1. The van der Waals surface area contributed by atoms with Crippen LogP contribution in [0.5, 0.6) is 11.5 Å². The largest absolute Gasteiger partial charge is 0.493 e. The van der Waals surface area contributed by atoms with Crippen LogP contribution in [0.3, 0.4) is 0 Å². The molecule has 2 N–H and O–H groups in total. The van der Waals surface area contributed by atoms with E-state index in [1.54, 1.807) is 0 Å². The number of nitrogens with one attached hydrogen (secondary N) is 1. The van der Waals surface area contributed by atoms with E-state index < -0.39 is 27.6 Å². The molecule has 0 fully saturated rings. The highest BCUT2D eigenvalue weighted by molar-refractivity contribution is 7.92. The second-order valence-corrected chi connectivity index (χ2v) is 6.81. The number of anilines is 1. The molecule has 0 aliphatic rings. The summed E-state index contributed by atoms with van der Waals surface area (Å²) in [6.45, 7) is 0. The fraction of sp³-hybridized carbons (Fsp3) is 0.118. The van der Waals surface area contributed by atoms with E-state index in [0.29, 0.717) is 6.07 Å². The molecule has 0 saturated heterocycles. The second kappa shape index (κ2) is 8.04. The maximum absolute atomic E-state index is 13.3. The molecule has 0 aliphatic heterocycles. The summed E-state index contributed by atoms with van der Waals surface area (Å²) in [5, 5.41) is 8.73. The molecule has 144 valence electrons. The van der Waals surface area contributed by atoms with Gasteiger partial charge in [0.05, 0.1) is 19.9 Å². The van der Waals surface area contributed by atoms with E-state index in [-0.39, 0.29) is 27.6 Å². The van der Waals surface area contributed by atoms with Crippen molar-refractivity contribution in [3.05, 3.63) is 53.6 Å². The fourth-order valence-electron chi connectivity index (χ4n) is 2.18. The first kappa shape index (κ1) is 20.2. The Morgan fingerprint density at radius 3 is 2.37 bits per heavy atom. The summed E-state index contributed by atoms with van der Waals surface area (Å²) in [5.41, 5.74) is 0.00196. The van der Waals surface area contributed by atoms with Crippen molar-refractivity contribution in [1.82, 2.24) is 0 Å². The predicted octanol–water partition coefficient (Wildman–Crippen LogP) is 2.88. The molecule has 2 aromatic rings. The number of hydrogen-bond acceptors (Lipinski definition) is 5. The Morgan fingerprint density at radius 1 is 1.11 bits per heavy atom. The molecule has 27 heavy (non-hydrogen) atoms. The number of sulfonamides is 1. The summed E-state index contributed by atoms with van der Waals surface area (Å²) in [4.78, 5) is 10.3. The molecule has 0 spiro atoms. The normalized spacial score (nSPS) is 11.4. The topological polar surface area (TPSA) is 102 Å². The summed E-state index contributed by atoms with van der Waals surface area (Å²) < 4.78 is 64.1. The lowest BCUT2D eigenvalue weighted by Gasteiger charge is -2.15. The van der Waals surface area contributed by atoms with Crippen molar-refractivity contribution in [3.8, 4) is 11.5 Å². The Kier molecular flexibility index (Phi) is 6.01. The van der Waals surface area contributed by atoms with Crippen LogP contribution in [0.1, 0.15) is 5.56 Å². The first-order chi connectivity index (χ1) is 12.7. The molecule has 0 saturated carbocycles. The molecule has 0 amide bonds. The average molecular weight is 399 g/mol. The van der Waals surface area contributed by atoms with Crippen molar-refractivity contribution in [2.24, 2.45) is 0 Å². The molecule has 0 radical (unpaired) electrons. The van der Waals surface area contributed by atoms with Gasteiger partial charge in [-0.25, -0.2) is 22.0 Å². The van der Waals surface area contributed by atoms with Crippen molar-refractivity contribution in [2.75, 3.05) is 18.9 Å². The van der Waals surface area contributed by atoms with Crippen LogP contribution in [0.15, 0.2) is 41.3 Å². The molecule has 0 aromatic heterocycles. The van der Waals surface area contributed by atoms with Crippen molar-refractivity contribution in [2.45, 2.75) is 4.90 Å². The number of ether oxygens (including phenoxy) is 2. The number of carboxylic acid groups (broad SMARTS) is 1. The Bertz CT molecular complexity index is 1000. The van der Waals surface area contributed by atoms with Crippen molar-refractivity contribution in [3.63, 3.8) is 0 Å². The van der Waals surface area contributed by atoms with Crippen LogP contribution >= 0.6 is 0 Å². The van der Waals surface area contributed by atoms with Gasteiger partial charge in [0.2, 0.25) is 0 Å². The molecule has 7 nitrogen and oxygen atoms in total. The lowest BCUT2D eigenvalue weighted by molar-refractivity contribution is -0.131. The Labute approximate surface area is 153 Å². The summed E-state index contributed by atoms with van der Waals surface area (Å²) in [6, 6.07) is 5.05. The highest BCUT2D eigenvalue weighted by atomic mass is 32.2. The quantitative estimate of drug-likeness (QED) is 0.694. The standard InChI is InChI=1S/C17H15F2NO6S/c1-25-14-7-10(3-6-16(21)22)8-15(17(14)26-2)27(23,24)20-11-4-5-12(18)13(19)9-11/h3-9,20H,1-2H3,(H,21,22)/b6-3+. The van der Waals surface area contributed by atoms with Crippen LogP contribution in [-0.2, 0) is 14.8 Å². The number of rotatable bonds is 7. The van der Waals surface area contributed by atoms with Crippen LogP contribution in [-0.4, -0.2) is 33.7 Å².